The zero-order chi connectivity index (χ0) is 23.0. The van der Waals surface area contributed by atoms with Gasteiger partial charge in [0.1, 0.15) is 11.7 Å². The van der Waals surface area contributed by atoms with Crippen molar-refractivity contribution in [2.75, 3.05) is 19.5 Å². The standard InChI is InChI=1S/C22H26BrN3O5/c1-13(2)31-20-18(23)10-15(11-19(20)30-5)12-24-26-22(28)14(3)21(27)25-16-6-8-17(29-4)9-7-16/h6-14H,1-5H3,(H,25,27)(H,26,28). The molecule has 0 aliphatic heterocycles. The third-order valence-corrected chi connectivity index (χ3v) is 4.73. The molecular formula is C22H26BrN3O5. The summed E-state index contributed by atoms with van der Waals surface area (Å²) < 4.78 is 16.9. The van der Waals surface area contributed by atoms with Crippen LogP contribution in [0.5, 0.6) is 17.2 Å². The number of carbonyl (C=O) groups excluding carboxylic acids is 2. The van der Waals surface area contributed by atoms with E-state index in [2.05, 4.69) is 31.8 Å². The van der Waals surface area contributed by atoms with Gasteiger partial charge in [0.2, 0.25) is 5.91 Å². The Kier molecular flexibility index (Phi) is 8.87. The van der Waals surface area contributed by atoms with Gasteiger partial charge in [-0.3, -0.25) is 9.59 Å². The van der Waals surface area contributed by atoms with E-state index < -0.39 is 17.7 Å². The largest absolute Gasteiger partial charge is 0.497 e. The molecule has 1 unspecified atom stereocenters. The van der Waals surface area contributed by atoms with E-state index in [1.807, 2.05) is 13.8 Å². The second-order valence-corrected chi connectivity index (χ2v) is 7.73. The fourth-order valence-corrected chi connectivity index (χ4v) is 3.03. The first-order valence-electron chi connectivity index (χ1n) is 9.57. The SMILES string of the molecule is COc1ccc(NC(=O)C(C)C(=O)NN=Cc2cc(Br)c(OC(C)C)c(OC)c2)cc1. The number of hydrogen-bond acceptors (Lipinski definition) is 6. The van der Waals surface area contributed by atoms with Crippen LogP contribution in [-0.4, -0.2) is 38.4 Å². The monoisotopic (exact) mass is 491 g/mol. The summed E-state index contributed by atoms with van der Waals surface area (Å²) in [5.74, 6) is -0.136. The number of benzene rings is 2. The Morgan fingerprint density at radius 3 is 2.29 bits per heavy atom. The minimum absolute atomic E-state index is 0.0189. The molecule has 1 atom stereocenters. The van der Waals surface area contributed by atoms with Gasteiger partial charge in [0, 0.05) is 5.69 Å². The number of nitrogens with zero attached hydrogens (tertiary/aromatic N) is 1. The zero-order valence-corrected chi connectivity index (χ0v) is 19.6. The van der Waals surface area contributed by atoms with Crippen LogP contribution in [0, 0.1) is 5.92 Å². The van der Waals surface area contributed by atoms with Gasteiger partial charge >= 0.3 is 0 Å². The summed E-state index contributed by atoms with van der Waals surface area (Å²) in [6.45, 7) is 5.34. The van der Waals surface area contributed by atoms with Crippen molar-refractivity contribution in [3.05, 3.63) is 46.4 Å². The molecule has 2 N–H and O–H groups in total. The third kappa shape index (κ3) is 6.99. The highest BCUT2D eigenvalue weighted by molar-refractivity contribution is 9.10. The Bertz CT molecular complexity index is 945. The van der Waals surface area contributed by atoms with Crippen molar-refractivity contribution in [1.29, 1.82) is 0 Å². The molecule has 0 saturated heterocycles. The fraction of sp³-hybridized carbons (Fsp3) is 0.318. The average Bonchev–Trinajstić information content (AvgIpc) is 2.74. The lowest BCUT2D eigenvalue weighted by Crippen LogP contribution is -2.34. The van der Waals surface area contributed by atoms with Crippen molar-refractivity contribution in [3.8, 4) is 17.2 Å². The van der Waals surface area contributed by atoms with Gasteiger partial charge in [-0.1, -0.05) is 0 Å². The lowest BCUT2D eigenvalue weighted by molar-refractivity contribution is -0.131. The first-order chi connectivity index (χ1) is 14.7. The van der Waals surface area contributed by atoms with E-state index in [-0.39, 0.29) is 6.10 Å². The van der Waals surface area contributed by atoms with Gasteiger partial charge in [0.15, 0.2) is 11.5 Å². The normalized spacial score (nSPS) is 11.8. The number of halogens is 1. The third-order valence-electron chi connectivity index (χ3n) is 4.14. The number of hydrogen-bond donors (Lipinski definition) is 2. The minimum atomic E-state index is -0.942. The lowest BCUT2D eigenvalue weighted by atomic mass is 10.1. The number of ether oxygens (including phenoxy) is 3. The van der Waals surface area contributed by atoms with Crippen molar-refractivity contribution in [1.82, 2.24) is 5.43 Å². The summed E-state index contributed by atoms with van der Waals surface area (Å²) in [5.41, 5.74) is 3.62. The average molecular weight is 492 g/mol. The van der Waals surface area contributed by atoms with Crippen molar-refractivity contribution in [2.24, 2.45) is 11.0 Å². The van der Waals surface area contributed by atoms with Gasteiger partial charge in [-0.25, -0.2) is 5.43 Å². The molecule has 0 fully saturated rings. The summed E-state index contributed by atoms with van der Waals surface area (Å²) in [5, 5.41) is 6.63. The molecule has 2 aromatic carbocycles. The highest BCUT2D eigenvalue weighted by Crippen LogP contribution is 2.36. The van der Waals surface area contributed by atoms with Crippen LogP contribution >= 0.6 is 15.9 Å². The van der Waals surface area contributed by atoms with Crippen LogP contribution in [0.2, 0.25) is 0 Å². The van der Waals surface area contributed by atoms with Crippen molar-refractivity contribution < 1.29 is 23.8 Å². The van der Waals surface area contributed by atoms with E-state index in [4.69, 9.17) is 14.2 Å². The van der Waals surface area contributed by atoms with Gasteiger partial charge in [0.05, 0.1) is 31.0 Å². The molecule has 9 heteroatoms. The molecule has 2 rings (SSSR count). The molecule has 0 heterocycles. The summed E-state index contributed by atoms with van der Waals surface area (Å²) in [4.78, 5) is 24.6. The molecule has 31 heavy (non-hydrogen) atoms. The molecular weight excluding hydrogens is 466 g/mol. The van der Waals surface area contributed by atoms with E-state index in [1.165, 1.54) is 13.1 Å². The van der Waals surface area contributed by atoms with Crippen LogP contribution in [0.25, 0.3) is 0 Å². The molecule has 0 aliphatic carbocycles. The predicted octanol–water partition coefficient (Wildman–Crippen LogP) is 3.98. The quantitative estimate of drug-likeness (QED) is 0.314. The molecule has 0 bridgehead atoms. The smallest absolute Gasteiger partial charge is 0.252 e. The van der Waals surface area contributed by atoms with Gasteiger partial charge in [-0.15, -0.1) is 0 Å². The lowest BCUT2D eigenvalue weighted by Gasteiger charge is -2.15. The number of amides is 2. The van der Waals surface area contributed by atoms with Crippen molar-refractivity contribution >= 4 is 39.6 Å². The molecule has 0 spiro atoms. The van der Waals surface area contributed by atoms with Gasteiger partial charge in [0.25, 0.3) is 5.91 Å². The minimum Gasteiger partial charge on any atom is -0.497 e. The number of carbonyl (C=O) groups is 2. The van der Waals surface area contributed by atoms with Crippen LogP contribution in [0.15, 0.2) is 46.0 Å². The number of anilines is 1. The van der Waals surface area contributed by atoms with Gasteiger partial charge < -0.3 is 19.5 Å². The van der Waals surface area contributed by atoms with Crippen molar-refractivity contribution in [2.45, 2.75) is 26.9 Å². The number of hydrazone groups is 1. The van der Waals surface area contributed by atoms with Crippen LogP contribution in [-0.2, 0) is 9.59 Å². The number of nitrogens with one attached hydrogen (secondary N) is 2. The first kappa shape index (κ1) is 24.2. The highest BCUT2D eigenvalue weighted by Gasteiger charge is 2.21. The molecule has 0 aromatic heterocycles. The maximum Gasteiger partial charge on any atom is 0.252 e. The Hall–Kier alpha value is -3.07. The van der Waals surface area contributed by atoms with E-state index in [9.17, 15) is 9.59 Å². The second-order valence-electron chi connectivity index (χ2n) is 6.87. The Morgan fingerprint density at radius 1 is 1.03 bits per heavy atom. The topological polar surface area (TPSA) is 98.2 Å². The van der Waals surface area contributed by atoms with Crippen LogP contribution in [0.3, 0.4) is 0 Å². The Labute approximate surface area is 190 Å². The van der Waals surface area contributed by atoms with Crippen LogP contribution in [0.4, 0.5) is 5.69 Å². The van der Waals surface area contributed by atoms with Gasteiger partial charge in [-0.05, 0) is 78.7 Å². The van der Waals surface area contributed by atoms with Crippen LogP contribution in [0.1, 0.15) is 26.3 Å². The van der Waals surface area contributed by atoms with E-state index >= 15 is 0 Å². The molecule has 2 aromatic rings. The van der Waals surface area contributed by atoms with E-state index in [0.29, 0.717) is 33.0 Å². The molecule has 166 valence electrons. The van der Waals surface area contributed by atoms with Crippen molar-refractivity contribution in [3.63, 3.8) is 0 Å². The Balaban J connectivity index is 1.98. The summed E-state index contributed by atoms with van der Waals surface area (Å²) in [6.07, 6.45) is 1.44. The number of rotatable bonds is 9. The fourth-order valence-electron chi connectivity index (χ4n) is 2.48. The van der Waals surface area contributed by atoms with Gasteiger partial charge in [-0.2, -0.15) is 5.10 Å². The highest BCUT2D eigenvalue weighted by atomic mass is 79.9. The molecule has 0 saturated carbocycles. The summed E-state index contributed by atoms with van der Waals surface area (Å²) >= 11 is 3.46. The van der Waals surface area contributed by atoms with Crippen LogP contribution < -0.4 is 25.0 Å². The second kappa shape index (κ2) is 11.4. The van der Waals surface area contributed by atoms with E-state index in [1.54, 1.807) is 50.6 Å². The maximum atomic E-state index is 12.3. The zero-order valence-electron chi connectivity index (χ0n) is 18.1. The first-order valence-corrected chi connectivity index (χ1v) is 10.4. The van der Waals surface area contributed by atoms with E-state index in [0.717, 1.165) is 0 Å². The molecule has 0 aliphatic rings. The molecule has 0 radical (unpaired) electrons. The Morgan fingerprint density at radius 2 is 1.71 bits per heavy atom. The summed E-state index contributed by atoms with van der Waals surface area (Å²) in [7, 11) is 3.10. The summed E-state index contributed by atoms with van der Waals surface area (Å²) in [6, 6.07) is 10.3. The molecule has 8 nitrogen and oxygen atoms in total. The predicted molar refractivity (Wildman–Crippen MR) is 123 cm³/mol. The molecule has 2 amide bonds. The maximum absolute atomic E-state index is 12.3. The number of methoxy groups -OCH3 is 2.